The minimum absolute atomic E-state index is 0.562. The van der Waals surface area contributed by atoms with Crippen molar-refractivity contribution in [1.29, 1.82) is 0 Å². The summed E-state index contributed by atoms with van der Waals surface area (Å²) in [5, 5.41) is 34.4. The highest BCUT2D eigenvalue weighted by atomic mass is 16.6. The Labute approximate surface area is 97.4 Å². The van der Waals surface area contributed by atoms with Gasteiger partial charge in [-0.05, 0) is 0 Å². The summed E-state index contributed by atoms with van der Waals surface area (Å²) in [7, 11) is 0. The molecule has 0 bridgehead atoms. The van der Waals surface area contributed by atoms with Crippen LogP contribution in [-0.4, -0.2) is 71.0 Å². The number of ether oxygens (including phenoxy) is 2. The van der Waals surface area contributed by atoms with Crippen LogP contribution >= 0.6 is 0 Å². The fourth-order valence-electron chi connectivity index (χ4n) is 0.838. The molecule has 0 aliphatic heterocycles. The van der Waals surface area contributed by atoms with Gasteiger partial charge in [-0.2, -0.15) is 0 Å². The van der Waals surface area contributed by atoms with Crippen molar-refractivity contribution in [2.24, 2.45) is 0 Å². The molecule has 0 atom stereocenters. The second-order valence-electron chi connectivity index (χ2n) is 3.13. The van der Waals surface area contributed by atoms with Crippen molar-refractivity contribution in [3.05, 3.63) is 0 Å². The largest absolute Gasteiger partial charge is 0.457 e. The summed E-state index contributed by atoms with van der Waals surface area (Å²) in [6.07, 6.45) is -2.89. The van der Waals surface area contributed by atoms with E-state index in [0.29, 0.717) is 0 Å². The van der Waals surface area contributed by atoms with Gasteiger partial charge in [0, 0.05) is 0 Å². The maximum atomic E-state index is 11.1. The molecule has 0 aromatic carbocycles. The fourth-order valence-corrected chi connectivity index (χ4v) is 0.838. The van der Waals surface area contributed by atoms with Gasteiger partial charge in [-0.25, -0.2) is 0 Å². The third-order valence-corrected chi connectivity index (χ3v) is 1.70. The predicted octanol–water partition coefficient (Wildman–Crippen LogP) is -2.83. The highest BCUT2D eigenvalue weighted by molar-refractivity contribution is 5.91. The zero-order chi connectivity index (χ0) is 13.3. The number of rotatable bonds is 8. The van der Waals surface area contributed by atoms with Gasteiger partial charge >= 0.3 is 11.9 Å². The maximum Gasteiger partial charge on any atom is 0.317 e. The van der Waals surface area contributed by atoms with Crippen LogP contribution in [0.2, 0.25) is 0 Å². The summed E-state index contributed by atoms with van der Waals surface area (Å²) in [5.41, 5.74) is 0. The van der Waals surface area contributed by atoms with E-state index in [-0.39, 0.29) is 0 Å². The molecule has 17 heavy (non-hydrogen) atoms. The van der Waals surface area contributed by atoms with E-state index >= 15 is 0 Å². The Morgan fingerprint density at radius 3 is 1.29 bits per heavy atom. The Hall–Kier alpha value is -1.22. The lowest BCUT2D eigenvalue weighted by Gasteiger charge is -2.14. The number of hydrogen-bond acceptors (Lipinski definition) is 8. The van der Waals surface area contributed by atoms with E-state index in [4.69, 9.17) is 20.4 Å². The Balaban J connectivity index is 3.99. The van der Waals surface area contributed by atoms with Crippen LogP contribution in [-0.2, 0) is 19.1 Å². The monoisotopic (exact) mass is 252 g/mol. The molecule has 0 rings (SSSR count). The molecule has 0 aromatic rings. The van der Waals surface area contributed by atoms with Crippen LogP contribution in [0.15, 0.2) is 0 Å². The molecule has 8 nitrogen and oxygen atoms in total. The molecule has 0 heterocycles. The molecular weight excluding hydrogens is 236 g/mol. The zero-order valence-corrected chi connectivity index (χ0v) is 9.11. The highest BCUT2D eigenvalue weighted by Crippen LogP contribution is 1.99. The van der Waals surface area contributed by atoms with Crippen LogP contribution in [0.5, 0.6) is 0 Å². The predicted molar refractivity (Wildman–Crippen MR) is 52.7 cm³/mol. The number of esters is 2. The molecular formula is C9H16O8. The van der Waals surface area contributed by atoms with Crippen molar-refractivity contribution >= 4 is 11.9 Å². The van der Waals surface area contributed by atoms with Gasteiger partial charge in [-0.15, -0.1) is 0 Å². The van der Waals surface area contributed by atoms with Crippen LogP contribution in [0.3, 0.4) is 0 Å². The van der Waals surface area contributed by atoms with E-state index in [2.05, 4.69) is 9.47 Å². The Morgan fingerprint density at radius 1 is 0.765 bits per heavy atom. The lowest BCUT2D eigenvalue weighted by atomic mass is 10.3. The average Bonchev–Trinajstić information content (AvgIpc) is 2.32. The molecule has 8 heteroatoms. The molecule has 0 aliphatic carbocycles. The van der Waals surface area contributed by atoms with Crippen LogP contribution < -0.4 is 0 Å². The lowest BCUT2D eigenvalue weighted by Crippen LogP contribution is -2.30. The van der Waals surface area contributed by atoms with Crippen molar-refractivity contribution in [2.45, 2.75) is 18.6 Å². The van der Waals surface area contributed by atoms with Crippen molar-refractivity contribution in [3.8, 4) is 0 Å². The summed E-state index contributed by atoms with van der Waals surface area (Å²) in [6.45, 7) is -2.25. The topological polar surface area (TPSA) is 134 Å². The molecule has 0 saturated heterocycles. The summed E-state index contributed by atoms with van der Waals surface area (Å²) in [4.78, 5) is 22.1. The van der Waals surface area contributed by atoms with Crippen LogP contribution in [0, 0.1) is 0 Å². The van der Waals surface area contributed by atoms with E-state index < -0.39 is 57.0 Å². The van der Waals surface area contributed by atoms with Gasteiger partial charge in [0.25, 0.3) is 0 Å². The van der Waals surface area contributed by atoms with Gasteiger partial charge < -0.3 is 29.9 Å². The summed E-state index contributed by atoms with van der Waals surface area (Å²) >= 11 is 0. The number of hydrogen-bond donors (Lipinski definition) is 4. The molecule has 0 aromatic heterocycles. The first-order valence-corrected chi connectivity index (χ1v) is 4.89. The molecule has 0 fully saturated rings. The molecule has 100 valence electrons. The Bertz CT molecular complexity index is 209. The molecule has 0 saturated carbocycles. The number of carbonyl (C=O) groups is 2. The van der Waals surface area contributed by atoms with E-state index in [1.807, 2.05) is 0 Å². The first-order chi connectivity index (χ1) is 8.07. The Morgan fingerprint density at radius 2 is 1.06 bits per heavy atom. The van der Waals surface area contributed by atoms with Gasteiger partial charge in [0.15, 0.2) is 0 Å². The first kappa shape index (κ1) is 15.8. The second kappa shape index (κ2) is 8.88. The number of carbonyl (C=O) groups excluding carboxylic acids is 2. The number of aliphatic hydroxyl groups is 4. The van der Waals surface area contributed by atoms with E-state index in [1.54, 1.807) is 0 Å². The molecule has 0 aliphatic rings. The van der Waals surface area contributed by atoms with Gasteiger partial charge in [0.05, 0.1) is 26.4 Å². The van der Waals surface area contributed by atoms with E-state index in [1.165, 1.54) is 0 Å². The fraction of sp³-hybridized carbons (Fsp3) is 0.778. The van der Waals surface area contributed by atoms with Crippen LogP contribution in [0.1, 0.15) is 6.42 Å². The molecule has 4 N–H and O–H groups in total. The molecule has 0 unspecified atom stereocenters. The minimum atomic E-state index is -1.08. The third-order valence-electron chi connectivity index (χ3n) is 1.70. The summed E-state index contributed by atoms with van der Waals surface area (Å²) < 4.78 is 9.01. The standard InChI is InChI=1S/C9H16O8/c10-2-6(3-11)16-8(14)1-9(15)17-7(4-12)5-13/h6-7,10-13H,1-5H2. The van der Waals surface area contributed by atoms with Gasteiger partial charge in [0.1, 0.15) is 18.6 Å². The first-order valence-electron chi connectivity index (χ1n) is 4.89. The number of aliphatic hydroxyl groups excluding tert-OH is 4. The maximum absolute atomic E-state index is 11.1. The highest BCUT2D eigenvalue weighted by Gasteiger charge is 2.19. The molecule has 0 radical (unpaired) electrons. The Kier molecular flexibility index (Phi) is 8.24. The summed E-state index contributed by atoms with van der Waals surface area (Å²) in [5.74, 6) is -1.95. The van der Waals surface area contributed by atoms with E-state index in [0.717, 1.165) is 0 Å². The average molecular weight is 252 g/mol. The lowest BCUT2D eigenvalue weighted by molar-refractivity contribution is -0.164. The third kappa shape index (κ3) is 6.84. The van der Waals surface area contributed by atoms with Gasteiger partial charge in [0.2, 0.25) is 0 Å². The molecule has 0 spiro atoms. The van der Waals surface area contributed by atoms with Crippen LogP contribution in [0.4, 0.5) is 0 Å². The smallest absolute Gasteiger partial charge is 0.317 e. The van der Waals surface area contributed by atoms with Crippen molar-refractivity contribution in [1.82, 2.24) is 0 Å². The SMILES string of the molecule is O=C(CC(=O)OC(CO)CO)OC(CO)CO. The summed E-state index contributed by atoms with van der Waals surface area (Å²) in [6, 6.07) is 0. The quantitative estimate of drug-likeness (QED) is 0.268. The minimum Gasteiger partial charge on any atom is -0.457 e. The zero-order valence-electron chi connectivity index (χ0n) is 9.11. The normalized spacial score (nSPS) is 10.7. The van der Waals surface area contributed by atoms with Gasteiger partial charge in [-0.3, -0.25) is 9.59 Å². The van der Waals surface area contributed by atoms with Crippen LogP contribution in [0.25, 0.3) is 0 Å². The van der Waals surface area contributed by atoms with E-state index in [9.17, 15) is 9.59 Å². The second-order valence-corrected chi connectivity index (χ2v) is 3.13. The van der Waals surface area contributed by atoms with Crippen molar-refractivity contribution in [3.63, 3.8) is 0 Å². The van der Waals surface area contributed by atoms with Crippen molar-refractivity contribution < 1.29 is 39.5 Å². The van der Waals surface area contributed by atoms with Crippen molar-refractivity contribution in [2.75, 3.05) is 26.4 Å². The van der Waals surface area contributed by atoms with Gasteiger partial charge in [-0.1, -0.05) is 0 Å². The molecule has 0 amide bonds.